The van der Waals surface area contributed by atoms with E-state index in [-0.39, 0.29) is 0 Å². The highest BCUT2D eigenvalue weighted by Crippen LogP contribution is 2.01. The second kappa shape index (κ2) is 9.69. The monoisotopic (exact) mass is 208 g/mol. The molecule has 1 rings (SSSR count). The molecular formula is C13H24N2. The molecule has 1 heterocycles. The van der Waals surface area contributed by atoms with Gasteiger partial charge >= 0.3 is 0 Å². The van der Waals surface area contributed by atoms with E-state index in [1.165, 1.54) is 25.9 Å². The first-order valence-electron chi connectivity index (χ1n) is 5.59. The molecule has 0 spiro atoms. The van der Waals surface area contributed by atoms with Crippen molar-refractivity contribution in [1.82, 2.24) is 10.6 Å². The molecule has 2 nitrogen and oxygen atoms in total. The largest absolute Gasteiger partial charge is 0.317 e. The van der Waals surface area contributed by atoms with Gasteiger partial charge in [-0.2, -0.15) is 0 Å². The highest BCUT2D eigenvalue weighted by atomic mass is 14.9. The van der Waals surface area contributed by atoms with E-state index in [1.807, 2.05) is 19.2 Å². The van der Waals surface area contributed by atoms with Gasteiger partial charge in [0.1, 0.15) is 0 Å². The topological polar surface area (TPSA) is 24.1 Å². The summed E-state index contributed by atoms with van der Waals surface area (Å²) in [5.74, 6) is 0. The van der Waals surface area contributed by atoms with Crippen molar-refractivity contribution in [2.45, 2.75) is 25.8 Å². The summed E-state index contributed by atoms with van der Waals surface area (Å²) in [7, 11) is 1.92. The summed E-state index contributed by atoms with van der Waals surface area (Å²) in [4.78, 5) is 0. The molecule has 1 fully saturated rings. The quantitative estimate of drug-likeness (QED) is 0.693. The molecule has 1 unspecified atom stereocenters. The van der Waals surface area contributed by atoms with E-state index in [1.54, 1.807) is 6.08 Å². The summed E-state index contributed by atoms with van der Waals surface area (Å²) in [5.41, 5.74) is 1.16. The minimum absolute atomic E-state index is 0.357. The molecule has 1 atom stereocenters. The predicted molar refractivity (Wildman–Crippen MR) is 69.1 cm³/mol. The molecule has 1 saturated heterocycles. The van der Waals surface area contributed by atoms with Crippen molar-refractivity contribution in [3.63, 3.8) is 0 Å². The third-order valence-electron chi connectivity index (χ3n) is 2.44. The van der Waals surface area contributed by atoms with Crippen LogP contribution >= 0.6 is 0 Å². The van der Waals surface area contributed by atoms with Crippen molar-refractivity contribution >= 4 is 0 Å². The van der Waals surface area contributed by atoms with Crippen molar-refractivity contribution in [3.8, 4) is 0 Å². The second-order valence-corrected chi connectivity index (χ2v) is 3.57. The molecular weight excluding hydrogens is 184 g/mol. The highest BCUT2D eigenvalue weighted by Gasteiger charge is 1.98. The smallest absolute Gasteiger partial charge is 0.0288 e. The number of likely N-dealkylation sites (N-methyl/N-ethyl adjacent to an activating group) is 1. The van der Waals surface area contributed by atoms with E-state index < -0.39 is 0 Å². The number of hydrogen-bond donors (Lipinski definition) is 2. The molecule has 0 radical (unpaired) electrons. The Balaban J connectivity index is 0.000000322. The number of nitrogens with one attached hydrogen (secondary N) is 2. The van der Waals surface area contributed by atoms with Gasteiger partial charge in [-0.05, 0) is 45.5 Å². The van der Waals surface area contributed by atoms with Crippen LogP contribution in [0.2, 0.25) is 0 Å². The van der Waals surface area contributed by atoms with Gasteiger partial charge in [-0.25, -0.2) is 0 Å². The number of rotatable bonds is 4. The van der Waals surface area contributed by atoms with E-state index in [0.717, 1.165) is 5.57 Å². The molecule has 2 heteroatoms. The Morgan fingerprint density at radius 3 is 2.20 bits per heavy atom. The normalized spacial score (nSPS) is 17.6. The maximum absolute atomic E-state index is 3.69. The lowest BCUT2D eigenvalue weighted by atomic mass is 10.1. The van der Waals surface area contributed by atoms with Gasteiger partial charge in [-0.3, -0.25) is 0 Å². The third kappa shape index (κ3) is 7.11. The maximum atomic E-state index is 3.69. The average molecular weight is 208 g/mol. The summed E-state index contributed by atoms with van der Waals surface area (Å²) in [6.45, 7) is 11.9. The Morgan fingerprint density at radius 2 is 1.93 bits per heavy atom. The molecule has 0 aliphatic carbocycles. The molecule has 1 aliphatic rings. The Kier molecular flexibility index (Phi) is 9.13. The van der Waals surface area contributed by atoms with E-state index in [2.05, 4.69) is 30.7 Å². The van der Waals surface area contributed by atoms with E-state index in [0.29, 0.717) is 6.04 Å². The van der Waals surface area contributed by atoms with Gasteiger partial charge in [-0.15, -0.1) is 0 Å². The summed E-state index contributed by atoms with van der Waals surface area (Å²) in [5, 5.41) is 6.34. The van der Waals surface area contributed by atoms with Crippen LogP contribution in [0.4, 0.5) is 0 Å². The van der Waals surface area contributed by atoms with Gasteiger partial charge in [0.15, 0.2) is 0 Å². The van der Waals surface area contributed by atoms with Gasteiger partial charge in [0.2, 0.25) is 0 Å². The summed E-state index contributed by atoms with van der Waals surface area (Å²) >= 11 is 0. The lowest BCUT2D eigenvalue weighted by molar-refractivity contribution is 0.706. The molecule has 15 heavy (non-hydrogen) atoms. The Labute approximate surface area is 94.1 Å². The van der Waals surface area contributed by atoms with Crippen LogP contribution in [0.1, 0.15) is 19.8 Å². The second-order valence-electron chi connectivity index (χ2n) is 3.57. The van der Waals surface area contributed by atoms with Gasteiger partial charge in [-0.1, -0.05) is 31.4 Å². The Bertz CT molecular complexity index is 195. The zero-order valence-electron chi connectivity index (χ0n) is 10.1. The highest BCUT2D eigenvalue weighted by molar-refractivity contribution is 5.25. The lowest BCUT2D eigenvalue weighted by Gasteiger charge is -2.09. The van der Waals surface area contributed by atoms with Crippen molar-refractivity contribution in [2.24, 2.45) is 0 Å². The van der Waals surface area contributed by atoms with E-state index in [4.69, 9.17) is 0 Å². The standard InChI is InChI=1S/C9H15N.C4H9N/c1-5-7-9(6-2)8(3)10-4;1-2-4-5-3-1/h5-8,10H,1-2H2,3-4H3;5H,1-4H2/b9-7+;. The zero-order chi connectivity index (χ0) is 11.5. The summed E-state index contributed by atoms with van der Waals surface area (Å²) < 4.78 is 0. The minimum atomic E-state index is 0.357. The van der Waals surface area contributed by atoms with Crippen LogP contribution in [0.15, 0.2) is 37.0 Å². The SMILES string of the molecule is C1CCNC1.C=C/C=C(\C=C)C(C)NC. The van der Waals surface area contributed by atoms with Crippen LogP contribution in [-0.4, -0.2) is 26.2 Å². The maximum Gasteiger partial charge on any atom is 0.0288 e. The van der Waals surface area contributed by atoms with E-state index >= 15 is 0 Å². The number of allylic oxidation sites excluding steroid dienone is 2. The van der Waals surface area contributed by atoms with Gasteiger partial charge in [0.05, 0.1) is 0 Å². The van der Waals surface area contributed by atoms with Crippen LogP contribution < -0.4 is 10.6 Å². The third-order valence-corrected chi connectivity index (χ3v) is 2.44. The Morgan fingerprint density at radius 1 is 1.33 bits per heavy atom. The number of hydrogen-bond acceptors (Lipinski definition) is 2. The van der Waals surface area contributed by atoms with Crippen molar-refractivity contribution in [2.75, 3.05) is 20.1 Å². The first-order chi connectivity index (χ1) is 7.26. The van der Waals surface area contributed by atoms with Crippen LogP contribution in [0.25, 0.3) is 0 Å². The van der Waals surface area contributed by atoms with Crippen LogP contribution in [-0.2, 0) is 0 Å². The van der Waals surface area contributed by atoms with Crippen molar-refractivity contribution in [1.29, 1.82) is 0 Å². The van der Waals surface area contributed by atoms with Crippen molar-refractivity contribution < 1.29 is 0 Å². The lowest BCUT2D eigenvalue weighted by Crippen LogP contribution is -2.22. The predicted octanol–water partition coefficient (Wildman–Crippen LogP) is 2.26. The van der Waals surface area contributed by atoms with Crippen LogP contribution in [0, 0.1) is 0 Å². The fourth-order valence-electron chi connectivity index (χ4n) is 1.32. The summed E-state index contributed by atoms with van der Waals surface area (Å²) in [6, 6.07) is 0.357. The fraction of sp³-hybridized carbons (Fsp3) is 0.538. The molecule has 1 aliphatic heterocycles. The Hall–Kier alpha value is -0.860. The molecule has 86 valence electrons. The fourth-order valence-corrected chi connectivity index (χ4v) is 1.32. The minimum Gasteiger partial charge on any atom is -0.317 e. The van der Waals surface area contributed by atoms with Gasteiger partial charge in [0, 0.05) is 6.04 Å². The van der Waals surface area contributed by atoms with Crippen LogP contribution in [0.3, 0.4) is 0 Å². The first kappa shape index (κ1) is 14.1. The molecule has 0 aromatic rings. The molecule has 0 bridgehead atoms. The van der Waals surface area contributed by atoms with Gasteiger partial charge < -0.3 is 10.6 Å². The van der Waals surface area contributed by atoms with Crippen LogP contribution in [0.5, 0.6) is 0 Å². The average Bonchev–Trinajstić information content (AvgIpc) is 2.83. The van der Waals surface area contributed by atoms with Gasteiger partial charge in [0.25, 0.3) is 0 Å². The molecule has 0 amide bonds. The van der Waals surface area contributed by atoms with Crippen molar-refractivity contribution in [3.05, 3.63) is 37.0 Å². The zero-order valence-corrected chi connectivity index (χ0v) is 10.1. The molecule has 0 aromatic heterocycles. The molecule has 0 aromatic carbocycles. The molecule has 0 saturated carbocycles. The molecule has 2 N–H and O–H groups in total. The van der Waals surface area contributed by atoms with E-state index in [9.17, 15) is 0 Å². The summed E-state index contributed by atoms with van der Waals surface area (Å²) in [6.07, 6.45) is 8.34. The first-order valence-corrected chi connectivity index (χ1v) is 5.59.